The summed E-state index contributed by atoms with van der Waals surface area (Å²) < 4.78 is 0. The van der Waals surface area contributed by atoms with Gasteiger partial charge in [-0.3, -0.25) is 9.89 Å². The lowest BCUT2D eigenvalue weighted by molar-refractivity contribution is -0.113. The van der Waals surface area contributed by atoms with Crippen LogP contribution >= 0.6 is 46.3 Å². The molecule has 1 atom stereocenters. The largest absolute Gasteiger partial charge is 0.316 e. The first-order chi connectivity index (χ1) is 16.2. The minimum atomic E-state index is -0.193. The number of aromatic nitrogens is 3. The number of rotatable bonds is 7. The van der Waals surface area contributed by atoms with E-state index in [2.05, 4.69) is 47.3 Å². The molecule has 0 spiro atoms. The van der Waals surface area contributed by atoms with E-state index >= 15 is 0 Å². The van der Waals surface area contributed by atoms with Crippen LogP contribution in [0.15, 0.2) is 23.4 Å². The van der Waals surface area contributed by atoms with Gasteiger partial charge in [0.1, 0.15) is 11.1 Å². The van der Waals surface area contributed by atoms with Gasteiger partial charge in [0.15, 0.2) is 5.82 Å². The smallest absolute Gasteiger partial charge is 0.235 e. The molecule has 2 heterocycles. The average Bonchev–Trinajstić information content (AvgIpc) is 3.41. The summed E-state index contributed by atoms with van der Waals surface area (Å²) in [5, 5.41) is 21.8. The number of nitriles is 1. The third-order valence-corrected chi connectivity index (χ3v) is 9.19. The molecule has 178 valence electrons. The van der Waals surface area contributed by atoms with Crippen molar-refractivity contribution in [2.45, 2.75) is 51.6 Å². The molecule has 3 aromatic rings. The normalized spacial score (nSPS) is 15.6. The van der Waals surface area contributed by atoms with E-state index in [0.717, 1.165) is 31.2 Å². The number of carbonyl (C=O) groups excluding carboxylic acids is 1. The zero-order valence-electron chi connectivity index (χ0n) is 19.2. The Kier molecular flexibility index (Phi) is 7.58. The number of amides is 1. The number of nitrogens with zero attached hydrogens (tertiary/aromatic N) is 3. The second-order valence-electron chi connectivity index (χ2n) is 9.03. The topological polar surface area (TPSA) is 94.5 Å². The zero-order chi connectivity index (χ0) is 24.5. The maximum atomic E-state index is 12.7. The molecule has 0 saturated carbocycles. The molecule has 1 aliphatic carbocycles. The molecule has 1 aromatic carbocycles. The standard InChI is InChI=1S/C24H25Cl2N5OS2/c1-4-24(2,3)13-5-7-15-17(11-27)22(34-19(15)9-13)28-20(32)12-33-23-29-21(30-31-23)16-8-6-14(25)10-18(16)26/h6,8,10,13H,4-5,7,9,12H2,1-3H3,(H,28,32)(H,29,30,31)/t13-/m0/s1. The Balaban J connectivity index is 1.41. The van der Waals surface area contributed by atoms with E-state index < -0.39 is 0 Å². The lowest BCUT2D eigenvalue weighted by atomic mass is 9.69. The van der Waals surface area contributed by atoms with Crippen LogP contribution in [0.5, 0.6) is 0 Å². The van der Waals surface area contributed by atoms with Crippen LogP contribution in [0.1, 0.15) is 49.6 Å². The second-order valence-corrected chi connectivity index (χ2v) is 11.9. The van der Waals surface area contributed by atoms with Gasteiger partial charge in [0.25, 0.3) is 0 Å². The molecule has 0 unspecified atom stereocenters. The van der Waals surface area contributed by atoms with Gasteiger partial charge in [0.05, 0.1) is 16.3 Å². The van der Waals surface area contributed by atoms with Crippen molar-refractivity contribution in [1.29, 1.82) is 5.26 Å². The van der Waals surface area contributed by atoms with Crippen molar-refractivity contribution in [1.82, 2.24) is 15.2 Å². The van der Waals surface area contributed by atoms with Gasteiger partial charge in [-0.15, -0.1) is 16.4 Å². The Morgan fingerprint density at radius 1 is 1.41 bits per heavy atom. The number of nitrogens with one attached hydrogen (secondary N) is 2. The highest BCUT2D eigenvalue weighted by atomic mass is 35.5. The van der Waals surface area contributed by atoms with Crippen LogP contribution in [0, 0.1) is 22.7 Å². The van der Waals surface area contributed by atoms with Crippen LogP contribution in [0.2, 0.25) is 10.0 Å². The van der Waals surface area contributed by atoms with Gasteiger partial charge in [-0.05, 0) is 54.4 Å². The number of halogens is 2. The molecule has 6 nitrogen and oxygen atoms in total. The number of thiophene rings is 1. The van der Waals surface area contributed by atoms with Crippen molar-refractivity contribution in [2.75, 3.05) is 11.1 Å². The van der Waals surface area contributed by atoms with Gasteiger partial charge in [0, 0.05) is 15.5 Å². The number of anilines is 1. The summed E-state index contributed by atoms with van der Waals surface area (Å²) in [5.74, 6) is 1.03. The van der Waals surface area contributed by atoms with Gasteiger partial charge in [0.2, 0.25) is 11.1 Å². The molecule has 0 aliphatic heterocycles. The number of carbonyl (C=O) groups is 1. The molecule has 34 heavy (non-hydrogen) atoms. The monoisotopic (exact) mass is 533 g/mol. The van der Waals surface area contributed by atoms with Crippen LogP contribution in [-0.2, 0) is 17.6 Å². The molecule has 10 heteroatoms. The molecule has 1 amide bonds. The molecule has 0 fully saturated rings. The van der Waals surface area contributed by atoms with Gasteiger partial charge in [-0.25, -0.2) is 4.98 Å². The van der Waals surface area contributed by atoms with Crippen molar-refractivity contribution < 1.29 is 4.79 Å². The Morgan fingerprint density at radius 2 is 2.21 bits per heavy atom. The maximum absolute atomic E-state index is 12.7. The molecular formula is C24H25Cl2N5OS2. The quantitative estimate of drug-likeness (QED) is 0.319. The van der Waals surface area contributed by atoms with Crippen LogP contribution in [0.4, 0.5) is 5.00 Å². The Morgan fingerprint density at radius 3 is 2.91 bits per heavy atom. The first kappa shape index (κ1) is 25.1. The van der Waals surface area contributed by atoms with Gasteiger partial charge < -0.3 is 5.32 Å². The summed E-state index contributed by atoms with van der Waals surface area (Å²) in [7, 11) is 0. The van der Waals surface area contributed by atoms with Crippen molar-refractivity contribution in [3.05, 3.63) is 44.2 Å². The van der Waals surface area contributed by atoms with Gasteiger partial charge >= 0.3 is 0 Å². The summed E-state index contributed by atoms with van der Waals surface area (Å²) in [4.78, 5) is 18.3. The van der Waals surface area contributed by atoms with Crippen LogP contribution < -0.4 is 5.32 Å². The fraction of sp³-hybridized carbons (Fsp3) is 0.417. The van der Waals surface area contributed by atoms with E-state index in [1.165, 1.54) is 16.6 Å². The van der Waals surface area contributed by atoms with Gasteiger partial charge in [-0.1, -0.05) is 62.2 Å². The molecular weight excluding hydrogens is 509 g/mol. The predicted octanol–water partition coefficient (Wildman–Crippen LogP) is 6.98. The zero-order valence-corrected chi connectivity index (χ0v) is 22.3. The predicted molar refractivity (Wildman–Crippen MR) is 140 cm³/mol. The second kappa shape index (κ2) is 10.3. The van der Waals surface area contributed by atoms with Crippen molar-refractivity contribution >= 4 is 57.2 Å². The van der Waals surface area contributed by atoms with E-state index in [9.17, 15) is 10.1 Å². The number of fused-ring (bicyclic) bond motifs is 1. The number of hydrogen-bond acceptors (Lipinski definition) is 6. The number of thioether (sulfide) groups is 1. The number of hydrogen-bond donors (Lipinski definition) is 2. The highest BCUT2D eigenvalue weighted by molar-refractivity contribution is 7.99. The summed E-state index contributed by atoms with van der Waals surface area (Å²) >= 11 is 14.9. The minimum absolute atomic E-state index is 0.130. The van der Waals surface area contributed by atoms with Gasteiger partial charge in [-0.2, -0.15) is 5.26 Å². The first-order valence-electron chi connectivity index (χ1n) is 11.1. The summed E-state index contributed by atoms with van der Waals surface area (Å²) in [6.07, 6.45) is 4.05. The highest BCUT2D eigenvalue weighted by Crippen LogP contribution is 2.45. The third kappa shape index (κ3) is 5.28. The van der Waals surface area contributed by atoms with E-state index in [1.54, 1.807) is 29.5 Å². The van der Waals surface area contributed by atoms with Crippen molar-refractivity contribution in [3.63, 3.8) is 0 Å². The fourth-order valence-electron chi connectivity index (χ4n) is 4.15. The Labute approximate surface area is 217 Å². The SMILES string of the molecule is CCC(C)(C)[C@H]1CCc2c(sc(NC(=O)CSc3n[nH]c(-c4ccc(Cl)cc4Cl)n3)c2C#N)C1. The van der Waals surface area contributed by atoms with E-state index in [0.29, 0.717) is 43.1 Å². The fourth-order valence-corrected chi connectivity index (χ4v) is 6.54. The first-order valence-corrected chi connectivity index (χ1v) is 13.6. The van der Waals surface area contributed by atoms with Crippen LogP contribution in [0.25, 0.3) is 11.4 Å². The van der Waals surface area contributed by atoms with E-state index in [4.69, 9.17) is 23.2 Å². The minimum Gasteiger partial charge on any atom is -0.316 e. The lowest BCUT2D eigenvalue weighted by Gasteiger charge is -2.36. The molecule has 0 radical (unpaired) electrons. The van der Waals surface area contributed by atoms with Crippen molar-refractivity contribution in [2.24, 2.45) is 11.3 Å². The van der Waals surface area contributed by atoms with Crippen LogP contribution in [-0.4, -0.2) is 26.8 Å². The molecule has 0 saturated heterocycles. The third-order valence-electron chi connectivity index (χ3n) is 6.63. The summed E-state index contributed by atoms with van der Waals surface area (Å²) in [5.41, 5.74) is 2.67. The number of benzene rings is 1. The molecule has 0 bridgehead atoms. The summed E-state index contributed by atoms with van der Waals surface area (Å²) in [6.45, 7) is 6.86. The number of aromatic amines is 1. The molecule has 1 aliphatic rings. The molecule has 2 aromatic heterocycles. The molecule has 4 rings (SSSR count). The number of H-pyrrole nitrogens is 1. The maximum Gasteiger partial charge on any atom is 0.235 e. The Hall–Kier alpha value is -2.05. The Bertz CT molecular complexity index is 1260. The highest BCUT2D eigenvalue weighted by Gasteiger charge is 2.34. The van der Waals surface area contributed by atoms with E-state index in [1.807, 2.05) is 0 Å². The summed E-state index contributed by atoms with van der Waals surface area (Å²) in [6, 6.07) is 7.45. The average molecular weight is 535 g/mol. The van der Waals surface area contributed by atoms with Crippen LogP contribution in [0.3, 0.4) is 0 Å². The van der Waals surface area contributed by atoms with Crippen molar-refractivity contribution in [3.8, 4) is 17.5 Å². The molecule has 2 N–H and O–H groups in total. The van der Waals surface area contributed by atoms with E-state index in [-0.39, 0.29) is 17.1 Å². The lowest BCUT2D eigenvalue weighted by Crippen LogP contribution is -2.28.